The van der Waals surface area contributed by atoms with Crippen LogP contribution in [0.5, 0.6) is 0 Å². The molecule has 1 fully saturated rings. The topological polar surface area (TPSA) is 71.1 Å². The highest BCUT2D eigenvalue weighted by Gasteiger charge is 2.38. The molecular formula is C20H36O6. The van der Waals surface area contributed by atoms with E-state index in [0.29, 0.717) is 26.1 Å². The maximum Gasteiger partial charge on any atom is 0.305 e. The Morgan fingerprint density at radius 3 is 2.38 bits per heavy atom. The van der Waals surface area contributed by atoms with Crippen molar-refractivity contribution in [2.45, 2.75) is 96.9 Å². The van der Waals surface area contributed by atoms with Crippen LogP contribution in [0.15, 0.2) is 0 Å². The average Bonchev–Trinajstić information content (AvgIpc) is 3.00. The summed E-state index contributed by atoms with van der Waals surface area (Å²) in [5.74, 6) is -1.23. The fourth-order valence-corrected chi connectivity index (χ4v) is 2.77. The van der Waals surface area contributed by atoms with Crippen LogP contribution in [-0.2, 0) is 28.5 Å². The number of ether oxygens (including phenoxy) is 4. The summed E-state index contributed by atoms with van der Waals surface area (Å²) in [7, 11) is 0. The van der Waals surface area contributed by atoms with Crippen LogP contribution in [0.3, 0.4) is 0 Å². The lowest BCUT2D eigenvalue weighted by Crippen LogP contribution is -2.29. The SMILES string of the molecule is CCCCCCCC(=O)OCC1COC(C)(CCC(=O)OCCCC)O1. The zero-order chi connectivity index (χ0) is 19.3. The van der Waals surface area contributed by atoms with Gasteiger partial charge in [0.2, 0.25) is 0 Å². The minimum atomic E-state index is -0.818. The second kappa shape index (κ2) is 13.1. The van der Waals surface area contributed by atoms with E-state index in [1.807, 2.05) is 6.92 Å². The number of hydrogen-bond acceptors (Lipinski definition) is 6. The molecule has 1 aliphatic rings. The predicted octanol–water partition coefficient (Wildman–Crippen LogP) is 4.15. The van der Waals surface area contributed by atoms with Crippen molar-refractivity contribution in [1.82, 2.24) is 0 Å². The molecule has 0 spiro atoms. The molecule has 2 atom stereocenters. The first-order chi connectivity index (χ1) is 12.5. The first-order valence-corrected chi connectivity index (χ1v) is 10.1. The van der Waals surface area contributed by atoms with E-state index in [0.717, 1.165) is 25.7 Å². The van der Waals surface area contributed by atoms with Gasteiger partial charge in [-0.2, -0.15) is 0 Å². The van der Waals surface area contributed by atoms with Gasteiger partial charge in [0.15, 0.2) is 5.79 Å². The number of unbranched alkanes of at least 4 members (excludes halogenated alkanes) is 5. The highest BCUT2D eigenvalue weighted by atomic mass is 16.7. The van der Waals surface area contributed by atoms with Crippen LogP contribution in [0.1, 0.15) is 85.0 Å². The highest BCUT2D eigenvalue weighted by molar-refractivity contribution is 5.69. The second-order valence-electron chi connectivity index (χ2n) is 7.11. The Hall–Kier alpha value is -1.14. The summed E-state index contributed by atoms with van der Waals surface area (Å²) in [6.07, 6.45) is 8.26. The number of hydrogen-bond donors (Lipinski definition) is 0. The van der Waals surface area contributed by atoms with Crippen molar-refractivity contribution in [2.75, 3.05) is 19.8 Å². The molecule has 0 saturated carbocycles. The Bertz CT molecular complexity index is 411. The van der Waals surface area contributed by atoms with E-state index in [9.17, 15) is 9.59 Å². The van der Waals surface area contributed by atoms with E-state index in [2.05, 4.69) is 13.8 Å². The van der Waals surface area contributed by atoms with Crippen LogP contribution in [-0.4, -0.2) is 43.7 Å². The van der Waals surface area contributed by atoms with Crippen LogP contribution < -0.4 is 0 Å². The van der Waals surface area contributed by atoms with E-state index in [-0.39, 0.29) is 31.1 Å². The first kappa shape index (κ1) is 22.9. The largest absolute Gasteiger partial charge is 0.466 e. The van der Waals surface area contributed by atoms with Crippen LogP contribution in [0, 0.1) is 0 Å². The Morgan fingerprint density at radius 1 is 0.962 bits per heavy atom. The Kier molecular flexibility index (Phi) is 11.5. The van der Waals surface area contributed by atoms with E-state index in [4.69, 9.17) is 18.9 Å². The smallest absolute Gasteiger partial charge is 0.305 e. The van der Waals surface area contributed by atoms with Crippen molar-refractivity contribution in [1.29, 1.82) is 0 Å². The molecule has 0 aliphatic carbocycles. The molecule has 0 aromatic carbocycles. The highest BCUT2D eigenvalue weighted by Crippen LogP contribution is 2.28. The van der Waals surface area contributed by atoms with Crippen molar-refractivity contribution in [2.24, 2.45) is 0 Å². The molecule has 1 heterocycles. The third-order valence-electron chi connectivity index (χ3n) is 4.45. The van der Waals surface area contributed by atoms with E-state index >= 15 is 0 Å². The van der Waals surface area contributed by atoms with Crippen molar-refractivity contribution < 1.29 is 28.5 Å². The monoisotopic (exact) mass is 372 g/mol. The minimum absolute atomic E-state index is 0.182. The summed E-state index contributed by atoms with van der Waals surface area (Å²) in [4.78, 5) is 23.4. The van der Waals surface area contributed by atoms with Gasteiger partial charge in [0.25, 0.3) is 0 Å². The molecule has 0 aromatic heterocycles. The molecule has 0 N–H and O–H groups in total. The van der Waals surface area contributed by atoms with Gasteiger partial charge in [0.05, 0.1) is 19.6 Å². The molecular weight excluding hydrogens is 336 g/mol. The molecule has 0 aromatic rings. The minimum Gasteiger partial charge on any atom is -0.466 e. The molecule has 152 valence electrons. The third-order valence-corrected chi connectivity index (χ3v) is 4.45. The van der Waals surface area contributed by atoms with Gasteiger partial charge in [-0.1, -0.05) is 46.0 Å². The van der Waals surface area contributed by atoms with Crippen LogP contribution in [0.25, 0.3) is 0 Å². The van der Waals surface area contributed by atoms with Crippen molar-refractivity contribution >= 4 is 11.9 Å². The normalized spacial score (nSPS) is 22.3. The average molecular weight is 373 g/mol. The van der Waals surface area contributed by atoms with Crippen molar-refractivity contribution in [3.8, 4) is 0 Å². The van der Waals surface area contributed by atoms with Gasteiger partial charge in [0, 0.05) is 12.8 Å². The first-order valence-electron chi connectivity index (χ1n) is 10.1. The Labute approximate surface area is 157 Å². The lowest BCUT2D eigenvalue weighted by molar-refractivity contribution is -0.174. The molecule has 1 rings (SSSR count). The molecule has 0 amide bonds. The molecule has 6 heteroatoms. The Morgan fingerprint density at radius 2 is 1.65 bits per heavy atom. The molecule has 0 radical (unpaired) electrons. The van der Waals surface area contributed by atoms with E-state index < -0.39 is 5.79 Å². The molecule has 1 aliphatic heterocycles. The fraction of sp³-hybridized carbons (Fsp3) is 0.900. The zero-order valence-electron chi connectivity index (χ0n) is 16.7. The summed E-state index contributed by atoms with van der Waals surface area (Å²) >= 11 is 0. The zero-order valence-corrected chi connectivity index (χ0v) is 16.7. The summed E-state index contributed by atoms with van der Waals surface area (Å²) in [5.41, 5.74) is 0. The van der Waals surface area contributed by atoms with Gasteiger partial charge >= 0.3 is 11.9 Å². The molecule has 26 heavy (non-hydrogen) atoms. The summed E-state index contributed by atoms with van der Waals surface area (Å²) in [6.45, 7) is 7.05. The van der Waals surface area contributed by atoms with Crippen LogP contribution in [0.2, 0.25) is 0 Å². The van der Waals surface area contributed by atoms with Gasteiger partial charge in [-0.3, -0.25) is 9.59 Å². The maximum atomic E-state index is 11.8. The number of rotatable bonds is 14. The predicted molar refractivity (Wildman–Crippen MR) is 98.7 cm³/mol. The lowest BCUT2D eigenvalue weighted by Gasteiger charge is -2.22. The van der Waals surface area contributed by atoms with Gasteiger partial charge in [0.1, 0.15) is 12.7 Å². The Balaban J connectivity index is 2.14. The number of carbonyl (C=O) groups excluding carboxylic acids is 2. The summed E-state index contributed by atoms with van der Waals surface area (Å²) in [5, 5.41) is 0. The van der Waals surface area contributed by atoms with Gasteiger partial charge in [-0.15, -0.1) is 0 Å². The van der Waals surface area contributed by atoms with Gasteiger partial charge in [-0.25, -0.2) is 0 Å². The summed E-state index contributed by atoms with van der Waals surface area (Å²) in [6, 6.07) is 0. The molecule has 0 bridgehead atoms. The number of carbonyl (C=O) groups is 2. The molecule has 6 nitrogen and oxygen atoms in total. The van der Waals surface area contributed by atoms with Crippen molar-refractivity contribution in [3.05, 3.63) is 0 Å². The van der Waals surface area contributed by atoms with Crippen LogP contribution >= 0.6 is 0 Å². The van der Waals surface area contributed by atoms with E-state index in [1.165, 1.54) is 19.3 Å². The second-order valence-corrected chi connectivity index (χ2v) is 7.11. The third kappa shape index (κ3) is 10.1. The van der Waals surface area contributed by atoms with Crippen LogP contribution in [0.4, 0.5) is 0 Å². The molecule has 2 unspecified atom stereocenters. The maximum absolute atomic E-state index is 11.8. The van der Waals surface area contributed by atoms with Gasteiger partial charge in [-0.05, 0) is 19.8 Å². The lowest BCUT2D eigenvalue weighted by atomic mass is 10.1. The van der Waals surface area contributed by atoms with E-state index in [1.54, 1.807) is 0 Å². The standard InChI is InChI=1S/C20H36O6/c1-4-6-8-9-10-11-18(21)24-15-17-16-25-20(3,26-17)13-12-19(22)23-14-7-5-2/h17H,4-16H2,1-3H3. The van der Waals surface area contributed by atoms with Crippen molar-refractivity contribution in [3.63, 3.8) is 0 Å². The van der Waals surface area contributed by atoms with Gasteiger partial charge < -0.3 is 18.9 Å². The summed E-state index contributed by atoms with van der Waals surface area (Å²) < 4.78 is 21.9. The molecule has 1 saturated heterocycles. The quantitative estimate of drug-likeness (QED) is 0.337. The fourth-order valence-electron chi connectivity index (χ4n) is 2.77. The number of esters is 2.